The fourth-order valence-corrected chi connectivity index (χ4v) is 3.41. The van der Waals surface area contributed by atoms with Crippen molar-refractivity contribution in [2.75, 3.05) is 37.4 Å². The number of hydrogen-bond donors (Lipinski definition) is 3. The molecule has 3 N–H and O–H groups in total. The maximum absolute atomic E-state index is 5.41. The summed E-state index contributed by atoms with van der Waals surface area (Å²) in [6, 6.07) is 19.5. The zero-order chi connectivity index (χ0) is 26.2. The van der Waals surface area contributed by atoms with Gasteiger partial charge in [0.1, 0.15) is 0 Å². The summed E-state index contributed by atoms with van der Waals surface area (Å²) in [5, 5.41) is 10.7. The molecule has 4 aromatic rings. The number of aryl methyl sites for hydroxylation is 2. The summed E-state index contributed by atoms with van der Waals surface area (Å²) in [7, 11) is 4.68. The van der Waals surface area contributed by atoms with Crippen molar-refractivity contribution < 1.29 is 14.2 Å². The number of hydrogen-bond acceptors (Lipinski definition) is 10. The highest BCUT2D eigenvalue weighted by Crippen LogP contribution is 2.37. The van der Waals surface area contributed by atoms with Gasteiger partial charge in [-0.1, -0.05) is 35.4 Å². The molecular weight excluding hydrogens is 470 g/mol. The summed E-state index contributed by atoms with van der Waals surface area (Å²) in [4.78, 5) is 13.4. The van der Waals surface area contributed by atoms with Crippen molar-refractivity contribution in [1.82, 2.24) is 15.0 Å². The minimum atomic E-state index is 0.253. The lowest BCUT2D eigenvalue weighted by molar-refractivity contribution is 0.324. The van der Waals surface area contributed by atoms with Crippen LogP contribution in [0.15, 0.2) is 65.8 Å². The predicted octanol–water partition coefficient (Wildman–Crippen LogP) is 5.45. The highest BCUT2D eigenvalue weighted by atomic mass is 16.5. The molecule has 0 saturated heterocycles. The molecule has 0 radical (unpaired) electrons. The van der Waals surface area contributed by atoms with Gasteiger partial charge in [0.25, 0.3) is 0 Å². The SMILES string of the molecule is COc1cc(/C=N/Nc2nc(Nc3ccc(C)cc3)nc(Nc3ccc(C)cc3)n2)cc(OC)c1OC. The van der Waals surface area contributed by atoms with Gasteiger partial charge in [-0.3, -0.25) is 0 Å². The lowest BCUT2D eigenvalue weighted by atomic mass is 10.2. The summed E-state index contributed by atoms with van der Waals surface area (Å²) < 4.78 is 16.2. The summed E-state index contributed by atoms with van der Waals surface area (Å²) in [6.07, 6.45) is 1.61. The molecular formula is C27H29N7O3. The Balaban J connectivity index is 1.60. The van der Waals surface area contributed by atoms with E-state index in [9.17, 15) is 0 Å². The first-order valence-electron chi connectivity index (χ1n) is 11.5. The van der Waals surface area contributed by atoms with Gasteiger partial charge >= 0.3 is 0 Å². The van der Waals surface area contributed by atoms with Crippen LogP contribution in [-0.4, -0.2) is 42.5 Å². The fraction of sp³-hybridized carbons (Fsp3) is 0.185. The number of methoxy groups -OCH3 is 3. The quantitative estimate of drug-likeness (QED) is 0.194. The van der Waals surface area contributed by atoms with Crippen LogP contribution in [0.25, 0.3) is 0 Å². The number of nitrogens with zero attached hydrogens (tertiary/aromatic N) is 4. The predicted molar refractivity (Wildman–Crippen MR) is 146 cm³/mol. The second-order valence-corrected chi connectivity index (χ2v) is 8.12. The Morgan fingerprint density at radius 1 is 0.649 bits per heavy atom. The first-order valence-corrected chi connectivity index (χ1v) is 11.5. The molecule has 0 bridgehead atoms. The van der Waals surface area contributed by atoms with Crippen LogP contribution in [0.1, 0.15) is 16.7 Å². The molecule has 0 saturated carbocycles. The molecule has 0 aliphatic heterocycles. The number of anilines is 5. The molecule has 0 spiro atoms. The molecule has 0 aliphatic rings. The van der Waals surface area contributed by atoms with E-state index in [1.54, 1.807) is 39.7 Å². The number of benzene rings is 3. The Labute approximate surface area is 215 Å². The highest BCUT2D eigenvalue weighted by molar-refractivity contribution is 5.83. The van der Waals surface area contributed by atoms with E-state index < -0.39 is 0 Å². The normalized spacial score (nSPS) is 10.7. The van der Waals surface area contributed by atoms with Gasteiger partial charge in [0.2, 0.25) is 23.6 Å². The number of nitrogens with one attached hydrogen (secondary N) is 3. The molecule has 0 amide bonds. The van der Waals surface area contributed by atoms with Gasteiger partial charge in [0.15, 0.2) is 11.5 Å². The van der Waals surface area contributed by atoms with Crippen LogP contribution in [0, 0.1) is 13.8 Å². The molecule has 10 nitrogen and oxygen atoms in total. The molecule has 190 valence electrons. The van der Waals surface area contributed by atoms with Crippen LogP contribution in [0.3, 0.4) is 0 Å². The summed E-state index contributed by atoms with van der Waals surface area (Å²) in [5.41, 5.74) is 7.63. The molecule has 0 fully saturated rings. The maximum Gasteiger partial charge on any atom is 0.250 e. The van der Waals surface area contributed by atoms with Gasteiger partial charge in [-0.15, -0.1) is 0 Å². The Hall–Kier alpha value is -4.86. The van der Waals surface area contributed by atoms with Gasteiger partial charge in [-0.25, -0.2) is 5.43 Å². The van der Waals surface area contributed by atoms with Gasteiger partial charge in [0.05, 0.1) is 27.5 Å². The van der Waals surface area contributed by atoms with Crippen LogP contribution < -0.4 is 30.3 Å². The van der Waals surface area contributed by atoms with Crippen LogP contribution >= 0.6 is 0 Å². The number of hydrazone groups is 1. The summed E-state index contributed by atoms with van der Waals surface area (Å²) in [5.74, 6) is 2.53. The highest BCUT2D eigenvalue weighted by Gasteiger charge is 2.12. The number of aromatic nitrogens is 3. The van der Waals surface area contributed by atoms with Gasteiger partial charge in [-0.05, 0) is 50.2 Å². The first kappa shape index (κ1) is 25.2. The lowest BCUT2D eigenvalue weighted by Gasteiger charge is -2.12. The van der Waals surface area contributed by atoms with Crippen molar-refractivity contribution in [3.05, 3.63) is 77.4 Å². The Morgan fingerprint density at radius 2 is 1.11 bits per heavy atom. The van der Waals surface area contributed by atoms with Crippen molar-refractivity contribution >= 4 is 35.4 Å². The molecule has 1 heterocycles. The van der Waals surface area contributed by atoms with Crippen molar-refractivity contribution in [2.45, 2.75) is 13.8 Å². The third-order valence-corrected chi connectivity index (χ3v) is 5.32. The van der Waals surface area contributed by atoms with E-state index in [1.165, 1.54) is 0 Å². The van der Waals surface area contributed by atoms with Crippen molar-refractivity contribution in [3.63, 3.8) is 0 Å². The number of ether oxygens (including phenoxy) is 3. The molecule has 37 heavy (non-hydrogen) atoms. The van der Waals surface area contributed by atoms with E-state index in [0.717, 1.165) is 28.1 Å². The third-order valence-electron chi connectivity index (χ3n) is 5.32. The average molecular weight is 500 g/mol. The first-order chi connectivity index (χ1) is 18.0. The monoisotopic (exact) mass is 499 g/mol. The Morgan fingerprint density at radius 3 is 1.54 bits per heavy atom. The van der Waals surface area contributed by atoms with Crippen LogP contribution in [-0.2, 0) is 0 Å². The van der Waals surface area contributed by atoms with Gasteiger partial charge in [-0.2, -0.15) is 20.1 Å². The summed E-state index contributed by atoms with van der Waals surface area (Å²) in [6.45, 7) is 4.06. The van der Waals surface area contributed by atoms with E-state index in [0.29, 0.717) is 29.1 Å². The molecule has 0 unspecified atom stereocenters. The molecule has 0 aliphatic carbocycles. The third kappa shape index (κ3) is 6.63. The number of rotatable bonds is 10. The molecule has 1 aromatic heterocycles. The molecule has 10 heteroatoms. The van der Waals surface area contributed by atoms with E-state index >= 15 is 0 Å². The molecule has 3 aromatic carbocycles. The van der Waals surface area contributed by atoms with E-state index in [4.69, 9.17) is 14.2 Å². The minimum absolute atomic E-state index is 0.253. The smallest absolute Gasteiger partial charge is 0.250 e. The van der Waals surface area contributed by atoms with E-state index in [1.807, 2.05) is 62.4 Å². The Bertz CT molecular complexity index is 1280. The largest absolute Gasteiger partial charge is 0.493 e. The van der Waals surface area contributed by atoms with Crippen LogP contribution in [0.5, 0.6) is 17.2 Å². The van der Waals surface area contributed by atoms with Gasteiger partial charge < -0.3 is 24.8 Å². The summed E-state index contributed by atoms with van der Waals surface area (Å²) >= 11 is 0. The molecule has 0 atom stereocenters. The van der Waals surface area contributed by atoms with Gasteiger partial charge in [0, 0.05) is 16.9 Å². The topological polar surface area (TPSA) is 115 Å². The van der Waals surface area contributed by atoms with E-state index in [-0.39, 0.29) is 5.95 Å². The fourth-order valence-electron chi connectivity index (χ4n) is 3.41. The van der Waals surface area contributed by atoms with Crippen LogP contribution in [0.4, 0.5) is 29.2 Å². The Kier molecular flexibility index (Phi) is 7.99. The van der Waals surface area contributed by atoms with Crippen LogP contribution in [0.2, 0.25) is 0 Å². The van der Waals surface area contributed by atoms with Crippen molar-refractivity contribution in [2.24, 2.45) is 5.10 Å². The van der Waals surface area contributed by atoms with Crippen molar-refractivity contribution in [1.29, 1.82) is 0 Å². The maximum atomic E-state index is 5.41. The molecule has 4 rings (SSSR count). The minimum Gasteiger partial charge on any atom is -0.493 e. The second kappa shape index (κ2) is 11.7. The zero-order valence-electron chi connectivity index (χ0n) is 21.4. The second-order valence-electron chi connectivity index (χ2n) is 8.12. The van der Waals surface area contributed by atoms with E-state index in [2.05, 4.69) is 36.1 Å². The van der Waals surface area contributed by atoms with Crippen molar-refractivity contribution in [3.8, 4) is 17.2 Å². The average Bonchev–Trinajstić information content (AvgIpc) is 2.90. The lowest BCUT2D eigenvalue weighted by Crippen LogP contribution is -2.07. The standard InChI is InChI=1S/C27H29N7O3/c1-17-6-10-20(11-7-17)29-25-31-26(30-21-12-8-18(2)9-13-21)33-27(32-25)34-28-16-19-14-22(35-3)24(37-5)23(15-19)36-4/h6-16H,1-5H3,(H3,29,30,31,32,33,34)/b28-16+. The zero-order valence-corrected chi connectivity index (χ0v) is 21.4.